The van der Waals surface area contributed by atoms with E-state index in [0.29, 0.717) is 30.5 Å². The van der Waals surface area contributed by atoms with Gasteiger partial charge in [-0.25, -0.2) is 4.98 Å². The monoisotopic (exact) mass is 368 g/mol. The van der Waals surface area contributed by atoms with Crippen LogP contribution in [0.2, 0.25) is 0 Å². The highest BCUT2D eigenvalue weighted by Gasteiger charge is 2.38. The van der Waals surface area contributed by atoms with Crippen LogP contribution in [0.3, 0.4) is 0 Å². The van der Waals surface area contributed by atoms with Crippen molar-refractivity contribution in [1.82, 2.24) is 9.88 Å². The fourth-order valence-corrected chi connectivity index (χ4v) is 3.52. The van der Waals surface area contributed by atoms with Crippen molar-refractivity contribution < 1.29 is 19.0 Å². The summed E-state index contributed by atoms with van der Waals surface area (Å²) in [4.78, 5) is 19.2. The summed E-state index contributed by atoms with van der Waals surface area (Å²) < 4.78 is 17.8. The van der Waals surface area contributed by atoms with Crippen LogP contribution in [0.1, 0.15) is 25.5 Å². The first kappa shape index (κ1) is 17.6. The van der Waals surface area contributed by atoms with E-state index < -0.39 is 6.10 Å². The van der Waals surface area contributed by atoms with Crippen LogP contribution in [0.25, 0.3) is 0 Å². The Labute approximate surface area is 159 Å². The van der Waals surface area contributed by atoms with Crippen molar-refractivity contribution >= 4 is 5.91 Å². The normalized spacial score (nSPS) is 22.4. The number of rotatable bonds is 3. The summed E-state index contributed by atoms with van der Waals surface area (Å²) in [6, 6.07) is 13.2. The number of fused-ring (bicyclic) bond motifs is 1. The number of hydrogen-bond acceptors (Lipinski definition) is 5. The van der Waals surface area contributed by atoms with Crippen LogP contribution in [-0.2, 0) is 4.79 Å². The van der Waals surface area contributed by atoms with E-state index in [1.54, 1.807) is 0 Å². The third-order valence-electron chi connectivity index (χ3n) is 4.99. The summed E-state index contributed by atoms with van der Waals surface area (Å²) in [5.74, 6) is 1.93. The van der Waals surface area contributed by atoms with Gasteiger partial charge in [-0.2, -0.15) is 0 Å². The van der Waals surface area contributed by atoms with Gasteiger partial charge in [-0.05, 0) is 32.0 Å². The fraction of sp³-hybridized carbons (Fsp3) is 0.429. The Morgan fingerprint density at radius 2 is 1.78 bits per heavy atom. The molecule has 2 aromatic rings. The van der Waals surface area contributed by atoms with Gasteiger partial charge in [0.1, 0.15) is 12.2 Å². The molecule has 0 aliphatic carbocycles. The number of benzene rings is 1. The lowest BCUT2D eigenvalue weighted by molar-refractivity contribution is -0.146. The molecule has 27 heavy (non-hydrogen) atoms. The van der Waals surface area contributed by atoms with Crippen molar-refractivity contribution in [3.05, 3.63) is 48.2 Å². The van der Waals surface area contributed by atoms with Gasteiger partial charge in [-0.15, -0.1) is 0 Å². The minimum absolute atomic E-state index is 0.0240. The van der Waals surface area contributed by atoms with E-state index in [1.165, 1.54) is 0 Å². The molecule has 1 saturated heterocycles. The number of aryl methyl sites for hydroxylation is 1. The zero-order valence-corrected chi connectivity index (χ0v) is 15.6. The largest absolute Gasteiger partial charge is 0.482 e. The van der Waals surface area contributed by atoms with Crippen LogP contribution in [0.15, 0.2) is 42.5 Å². The Morgan fingerprint density at radius 1 is 1.07 bits per heavy atom. The number of hydrogen-bond donors (Lipinski definition) is 0. The molecule has 6 nitrogen and oxygen atoms in total. The predicted octanol–water partition coefficient (Wildman–Crippen LogP) is 2.99. The first-order valence-electron chi connectivity index (χ1n) is 9.41. The number of pyridine rings is 1. The SMILES string of the molecule is Cc1cccc(OC2CCN(C(=O)[C@@H]3Oc4ccccc4O[C@@H]3C)CC2)n1. The first-order chi connectivity index (χ1) is 13.1. The van der Waals surface area contributed by atoms with Gasteiger partial charge in [0.05, 0.1) is 0 Å². The Balaban J connectivity index is 1.35. The number of nitrogens with zero attached hydrogens (tertiary/aromatic N) is 2. The molecule has 2 aliphatic heterocycles. The highest BCUT2D eigenvalue weighted by molar-refractivity contribution is 5.82. The van der Waals surface area contributed by atoms with Crippen LogP contribution >= 0.6 is 0 Å². The summed E-state index contributed by atoms with van der Waals surface area (Å²) in [7, 11) is 0. The Kier molecular flexibility index (Phi) is 4.88. The molecule has 0 saturated carbocycles. The second kappa shape index (κ2) is 7.47. The lowest BCUT2D eigenvalue weighted by atomic mass is 10.1. The third kappa shape index (κ3) is 3.84. The highest BCUT2D eigenvalue weighted by Crippen LogP contribution is 2.34. The van der Waals surface area contributed by atoms with E-state index in [-0.39, 0.29) is 18.1 Å². The van der Waals surface area contributed by atoms with Gasteiger partial charge in [-0.3, -0.25) is 4.79 Å². The maximum Gasteiger partial charge on any atom is 0.267 e. The number of aromatic nitrogens is 1. The average molecular weight is 368 g/mol. The minimum atomic E-state index is -0.615. The molecule has 3 heterocycles. The molecule has 142 valence electrons. The molecule has 2 aliphatic rings. The lowest BCUT2D eigenvalue weighted by Gasteiger charge is -2.37. The summed E-state index contributed by atoms with van der Waals surface area (Å²) in [6.07, 6.45) is 0.693. The second-order valence-electron chi connectivity index (χ2n) is 7.07. The molecular formula is C21H24N2O4. The van der Waals surface area contributed by atoms with Gasteiger partial charge < -0.3 is 19.1 Å². The highest BCUT2D eigenvalue weighted by atomic mass is 16.6. The molecule has 1 aromatic carbocycles. The maximum absolute atomic E-state index is 13.0. The quantitative estimate of drug-likeness (QED) is 0.834. The Bertz CT molecular complexity index is 817. The summed E-state index contributed by atoms with van der Waals surface area (Å²) in [5, 5.41) is 0. The number of amides is 1. The van der Waals surface area contributed by atoms with E-state index in [1.807, 2.05) is 61.2 Å². The van der Waals surface area contributed by atoms with Crippen molar-refractivity contribution in [2.24, 2.45) is 0 Å². The second-order valence-corrected chi connectivity index (χ2v) is 7.07. The van der Waals surface area contributed by atoms with Crippen molar-refractivity contribution in [2.75, 3.05) is 13.1 Å². The molecule has 1 amide bonds. The zero-order chi connectivity index (χ0) is 18.8. The molecule has 1 aromatic heterocycles. The lowest BCUT2D eigenvalue weighted by Crippen LogP contribution is -2.53. The van der Waals surface area contributed by atoms with Gasteiger partial charge >= 0.3 is 0 Å². The molecule has 4 rings (SSSR count). The van der Waals surface area contributed by atoms with Crippen molar-refractivity contribution in [3.63, 3.8) is 0 Å². The number of carbonyl (C=O) groups excluding carboxylic acids is 1. The molecule has 0 spiro atoms. The zero-order valence-electron chi connectivity index (χ0n) is 15.6. The van der Waals surface area contributed by atoms with Crippen LogP contribution in [-0.4, -0.2) is 47.2 Å². The molecule has 0 radical (unpaired) electrons. The minimum Gasteiger partial charge on any atom is -0.482 e. The van der Waals surface area contributed by atoms with Gasteiger partial charge in [0.2, 0.25) is 12.0 Å². The van der Waals surface area contributed by atoms with Crippen molar-refractivity contribution in [1.29, 1.82) is 0 Å². The fourth-order valence-electron chi connectivity index (χ4n) is 3.52. The summed E-state index contributed by atoms with van der Waals surface area (Å²) in [5.41, 5.74) is 0.934. The number of piperidine rings is 1. The number of para-hydroxylation sites is 2. The summed E-state index contributed by atoms with van der Waals surface area (Å²) >= 11 is 0. The molecule has 2 atom stereocenters. The molecule has 1 fully saturated rings. The standard InChI is InChI=1S/C21H24N2O4/c1-14-6-5-9-19(22-14)26-16-10-12-23(13-11-16)21(24)20-15(2)25-17-7-3-4-8-18(17)27-20/h3-9,15-16,20H,10-13H2,1-2H3/t15-,20-/m1/s1. The maximum atomic E-state index is 13.0. The van der Waals surface area contributed by atoms with E-state index in [0.717, 1.165) is 18.5 Å². The third-order valence-corrected chi connectivity index (χ3v) is 4.99. The van der Waals surface area contributed by atoms with Gasteiger partial charge in [-0.1, -0.05) is 18.2 Å². The van der Waals surface area contributed by atoms with E-state index in [2.05, 4.69) is 4.98 Å². The topological polar surface area (TPSA) is 60.9 Å². The van der Waals surface area contributed by atoms with Crippen molar-refractivity contribution in [3.8, 4) is 17.4 Å². The van der Waals surface area contributed by atoms with E-state index >= 15 is 0 Å². The molecule has 0 unspecified atom stereocenters. The molecule has 0 bridgehead atoms. The van der Waals surface area contributed by atoms with Crippen molar-refractivity contribution in [2.45, 2.75) is 45.0 Å². The van der Waals surface area contributed by atoms with Gasteiger partial charge in [0.25, 0.3) is 5.91 Å². The Morgan fingerprint density at radius 3 is 2.48 bits per heavy atom. The van der Waals surface area contributed by atoms with Gasteiger partial charge in [0.15, 0.2) is 11.5 Å². The van der Waals surface area contributed by atoms with Crippen LogP contribution < -0.4 is 14.2 Å². The molecular weight excluding hydrogens is 344 g/mol. The first-order valence-corrected chi connectivity index (χ1v) is 9.41. The predicted molar refractivity (Wildman–Crippen MR) is 100 cm³/mol. The van der Waals surface area contributed by atoms with Gasteiger partial charge in [0, 0.05) is 37.7 Å². The average Bonchev–Trinajstić information content (AvgIpc) is 2.67. The number of carbonyl (C=O) groups is 1. The molecule has 0 N–H and O–H groups in total. The Hall–Kier alpha value is -2.76. The van der Waals surface area contributed by atoms with Crippen LogP contribution in [0.5, 0.6) is 17.4 Å². The van der Waals surface area contributed by atoms with Crippen LogP contribution in [0.4, 0.5) is 0 Å². The van der Waals surface area contributed by atoms with E-state index in [4.69, 9.17) is 14.2 Å². The molecule has 6 heteroatoms. The number of likely N-dealkylation sites (tertiary alicyclic amines) is 1. The smallest absolute Gasteiger partial charge is 0.267 e. The van der Waals surface area contributed by atoms with E-state index in [9.17, 15) is 4.79 Å². The number of ether oxygens (including phenoxy) is 3. The van der Waals surface area contributed by atoms with Crippen LogP contribution in [0, 0.1) is 6.92 Å². The summed E-state index contributed by atoms with van der Waals surface area (Å²) in [6.45, 7) is 5.10.